The number of nitrogens with zero attached hydrogens (tertiary/aromatic N) is 2. The van der Waals surface area contributed by atoms with E-state index >= 15 is 0 Å². The smallest absolute Gasteiger partial charge is 0.352 e. The average molecular weight is 349 g/mol. The van der Waals surface area contributed by atoms with Gasteiger partial charge in [0.05, 0.1) is 12.8 Å². The van der Waals surface area contributed by atoms with Crippen molar-refractivity contribution in [3.05, 3.63) is 70.3 Å². The molecule has 25 heavy (non-hydrogen) atoms. The average Bonchev–Trinajstić information content (AvgIpc) is 2.99. The molecule has 2 N–H and O–H groups in total. The zero-order chi connectivity index (χ0) is 18.0. The van der Waals surface area contributed by atoms with E-state index in [-0.39, 0.29) is 5.56 Å². The first kappa shape index (κ1) is 16.9. The molecule has 1 aromatic carbocycles. The van der Waals surface area contributed by atoms with Crippen LogP contribution >= 0.6 is 0 Å². The van der Waals surface area contributed by atoms with Crippen molar-refractivity contribution in [1.29, 1.82) is 0 Å². The second-order valence-corrected chi connectivity index (χ2v) is 5.21. The van der Waals surface area contributed by atoms with Crippen LogP contribution in [0.15, 0.2) is 53.2 Å². The largest absolute Gasteiger partial charge is 0.393 e. The van der Waals surface area contributed by atoms with Crippen molar-refractivity contribution in [2.75, 3.05) is 11.9 Å². The van der Waals surface area contributed by atoms with Gasteiger partial charge in [-0.2, -0.15) is 4.98 Å². The Bertz CT molecular complexity index is 883. The third-order valence-corrected chi connectivity index (χ3v) is 3.49. The lowest BCUT2D eigenvalue weighted by Crippen LogP contribution is -2.30. The van der Waals surface area contributed by atoms with Gasteiger partial charge in [-0.05, 0) is 18.2 Å². The topological polar surface area (TPSA) is 93.5 Å². The van der Waals surface area contributed by atoms with Crippen LogP contribution in [0.5, 0.6) is 0 Å². The summed E-state index contributed by atoms with van der Waals surface area (Å²) in [7, 11) is 0. The summed E-state index contributed by atoms with van der Waals surface area (Å²) in [5.74, 6) is -3.10. The molecule has 0 unspecified atom stereocenters. The SMILES string of the molecule is O=C(Nc1nc(=O)n([C@H]2O[C@@H](CO)C=C2F)cc1F)c1ccccc1. The van der Waals surface area contributed by atoms with Crippen molar-refractivity contribution < 1.29 is 23.4 Å². The highest BCUT2D eigenvalue weighted by Gasteiger charge is 2.30. The minimum absolute atomic E-state index is 0.256. The number of nitrogens with one attached hydrogen (secondary N) is 1. The van der Waals surface area contributed by atoms with Gasteiger partial charge in [-0.1, -0.05) is 18.2 Å². The fourth-order valence-corrected chi connectivity index (χ4v) is 2.29. The number of benzene rings is 1. The highest BCUT2D eigenvalue weighted by Crippen LogP contribution is 2.29. The summed E-state index contributed by atoms with van der Waals surface area (Å²) in [6.07, 6.45) is -0.767. The molecular formula is C16H13F2N3O4. The summed E-state index contributed by atoms with van der Waals surface area (Å²) >= 11 is 0. The monoisotopic (exact) mass is 349 g/mol. The van der Waals surface area contributed by atoms with E-state index in [1.807, 2.05) is 0 Å². The molecule has 0 fully saturated rings. The van der Waals surface area contributed by atoms with Crippen molar-refractivity contribution in [1.82, 2.24) is 9.55 Å². The van der Waals surface area contributed by atoms with Crippen molar-refractivity contribution in [3.8, 4) is 0 Å². The number of carbonyl (C=O) groups is 1. The zero-order valence-electron chi connectivity index (χ0n) is 12.7. The van der Waals surface area contributed by atoms with Gasteiger partial charge in [-0.25, -0.2) is 13.6 Å². The highest BCUT2D eigenvalue weighted by molar-refractivity contribution is 6.03. The van der Waals surface area contributed by atoms with E-state index in [0.717, 1.165) is 6.08 Å². The molecule has 1 aromatic heterocycles. The molecule has 0 saturated carbocycles. The molecule has 1 amide bonds. The molecule has 1 aliphatic heterocycles. The molecule has 0 saturated heterocycles. The van der Waals surface area contributed by atoms with Gasteiger partial charge in [-0.3, -0.25) is 9.36 Å². The molecule has 0 spiro atoms. The van der Waals surface area contributed by atoms with Crippen molar-refractivity contribution >= 4 is 11.7 Å². The second-order valence-electron chi connectivity index (χ2n) is 5.21. The highest BCUT2D eigenvalue weighted by atomic mass is 19.1. The maximum absolute atomic E-state index is 14.2. The van der Waals surface area contributed by atoms with Gasteiger partial charge in [0.1, 0.15) is 11.9 Å². The molecule has 3 rings (SSSR count). The summed E-state index contributed by atoms with van der Waals surface area (Å²) in [5.41, 5.74) is -0.760. The summed E-state index contributed by atoms with van der Waals surface area (Å²) in [6, 6.07) is 7.98. The van der Waals surface area contributed by atoms with E-state index in [2.05, 4.69) is 10.3 Å². The number of aromatic nitrogens is 2. The standard InChI is InChI=1S/C16H13F2N3O4/c17-11-6-10(8-22)25-15(11)21-7-12(18)13(20-16(21)24)19-14(23)9-4-2-1-3-5-9/h1-7,10,15,22H,8H2,(H,19,20,23,24)/t10-,15+/m1/s1. The number of hydrogen-bond donors (Lipinski definition) is 2. The van der Waals surface area contributed by atoms with E-state index in [1.165, 1.54) is 12.1 Å². The summed E-state index contributed by atoms with van der Waals surface area (Å²) in [4.78, 5) is 27.5. The minimum Gasteiger partial charge on any atom is -0.393 e. The molecule has 2 aromatic rings. The van der Waals surface area contributed by atoms with Crippen LogP contribution in [0.1, 0.15) is 16.6 Å². The van der Waals surface area contributed by atoms with Crippen LogP contribution in [0.2, 0.25) is 0 Å². The number of rotatable bonds is 4. The molecule has 0 bridgehead atoms. The molecule has 2 atom stereocenters. The van der Waals surface area contributed by atoms with Crippen LogP contribution in [0.3, 0.4) is 0 Å². The molecule has 7 nitrogen and oxygen atoms in total. The van der Waals surface area contributed by atoms with Gasteiger partial charge in [-0.15, -0.1) is 0 Å². The second kappa shape index (κ2) is 6.91. The van der Waals surface area contributed by atoms with Crippen LogP contribution in [-0.2, 0) is 4.74 Å². The number of halogens is 2. The Morgan fingerprint density at radius 3 is 2.68 bits per heavy atom. The Hall–Kier alpha value is -2.91. The molecule has 1 aliphatic rings. The number of ether oxygens (including phenoxy) is 1. The van der Waals surface area contributed by atoms with Gasteiger partial charge in [0, 0.05) is 5.56 Å². The molecule has 0 aliphatic carbocycles. The molecule has 9 heteroatoms. The Balaban J connectivity index is 1.85. The van der Waals surface area contributed by atoms with Gasteiger partial charge < -0.3 is 15.2 Å². The van der Waals surface area contributed by atoms with Crippen molar-refractivity contribution in [3.63, 3.8) is 0 Å². The summed E-state index contributed by atoms with van der Waals surface area (Å²) in [5, 5.41) is 11.2. The normalized spacial score (nSPS) is 19.6. The number of hydrogen-bond acceptors (Lipinski definition) is 5. The fourth-order valence-electron chi connectivity index (χ4n) is 2.29. The Morgan fingerprint density at radius 2 is 2.04 bits per heavy atom. The van der Waals surface area contributed by atoms with E-state index in [9.17, 15) is 18.4 Å². The first-order chi connectivity index (χ1) is 12.0. The van der Waals surface area contributed by atoms with E-state index in [4.69, 9.17) is 9.84 Å². The van der Waals surface area contributed by atoms with Crippen LogP contribution in [0.25, 0.3) is 0 Å². The first-order valence-corrected chi connectivity index (χ1v) is 7.28. The van der Waals surface area contributed by atoms with Crippen molar-refractivity contribution in [2.45, 2.75) is 12.3 Å². The van der Waals surface area contributed by atoms with E-state index in [0.29, 0.717) is 10.8 Å². The van der Waals surface area contributed by atoms with Crippen LogP contribution < -0.4 is 11.0 Å². The van der Waals surface area contributed by atoms with Gasteiger partial charge in [0.2, 0.25) is 0 Å². The van der Waals surface area contributed by atoms with E-state index in [1.54, 1.807) is 18.2 Å². The third kappa shape index (κ3) is 3.47. The predicted octanol–water partition coefficient (Wildman–Crippen LogP) is 1.38. The molecule has 2 heterocycles. The van der Waals surface area contributed by atoms with Crippen molar-refractivity contribution in [2.24, 2.45) is 0 Å². The molecule has 0 radical (unpaired) electrons. The number of aliphatic hydroxyl groups excluding tert-OH is 1. The maximum atomic E-state index is 14.2. The Labute approximate surface area is 140 Å². The van der Waals surface area contributed by atoms with Gasteiger partial charge in [0.25, 0.3) is 5.91 Å². The van der Waals surface area contributed by atoms with Gasteiger partial charge in [0.15, 0.2) is 17.9 Å². The third-order valence-electron chi connectivity index (χ3n) is 3.49. The van der Waals surface area contributed by atoms with Gasteiger partial charge >= 0.3 is 5.69 Å². The Kier molecular flexibility index (Phi) is 4.68. The zero-order valence-corrected chi connectivity index (χ0v) is 12.7. The maximum Gasteiger partial charge on any atom is 0.352 e. The Morgan fingerprint density at radius 1 is 1.32 bits per heavy atom. The lowest BCUT2D eigenvalue weighted by atomic mass is 10.2. The van der Waals surface area contributed by atoms with Crippen LogP contribution in [0, 0.1) is 5.82 Å². The molecular weight excluding hydrogens is 336 g/mol. The molecule has 130 valence electrons. The van der Waals surface area contributed by atoms with E-state index < -0.39 is 48.0 Å². The first-order valence-electron chi connectivity index (χ1n) is 7.28. The summed E-state index contributed by atoms with van der Waals surface area (Å²) < 4.78 is 33.7. The lowest BCUT2D eigenvalue weighted by molar-refractivity contribution is -0.0218. The predicted molar refractivity (Wildman–Crippen MR) is 83.0 cm³/mol. The van der Waals surface area contributed by atoms with Crippen LogP contribution in [-0.4, -0.2) is 33.3 Å². The number of aliphatic hydroxyl groups is 1. The number of carbonyl (C=O) groups excluding carboxylic acids is 1. The number of amides is 1. The van der Waals surface area contributed by atoms with Crippen LogP contribution in [0.4, 0.5) is 14.6 Å². The summed E-state index contributed by atoms with van der Waals surface area (Å²) in [6.45, 7) is -0.486. The fraction of sp³-hybridized carbons (Fsp3) is 0.188. The number of anilines is 1. The quantitative estimate of drug-likeness (QED) is 0.870. The minimum atomic E-state index is -1.51. The lowest BCUT2D eigenvalue weighted by Gasteiger charge is -2.16.